The predicted octanol–water partition coefficient (Wildman–Crippen LogP) is -4.12. The van der Waals surface area contributed by atoms with E-state index in [-0.39, 0.29) is 41.3 Å². The molecule has 6 heavy (non-hydrogen) atoms. The molecule has 0 saturated carbocycles. The summed E-state index contributed by atoms with van der Waals surface area (Å²) in [4.78, 5) is 0. The van der Waals surface area contributed by atoms with Gasteiger partial charge >= 0.3 is 0 Å². The van der Waals surface area contributed by atoms with Gasteiger partial charge in [-0.3, -0.25) is 0 Å². The molecule has 35 valence electrons. The molecule has 1 N–H and O–H groups in total. The van der Waals surface area contributed by atoms with Crippen LogP contribution in [0.5, 0.6) is 0 Å². The van der Waals surface area contributed by atoms with Gasteiger partial charge in [0, 0.05) is 41.3 Å². The van der Waals surface area contributed by atoms with Gasteiger partial charge in [-0.05, 0) is 0 Å². The van der Waals surface area contributed by atoms with Crippen molar-refractivity contribution < 1.29 is 70.2 Å². The molecular weight excluding hydrogens is 240 g/mol. The van der Waals surface area contributed by atoms with Crippen molar-refractivity contribution in [3.63, 3.8) is 0 Å². The van der Waals surface area contributed by atoms with Crippen LogP contribution in [0.3, 0.4) is 0 Å². The van der Waals surface area contributed by atoms with Gasteiger partial charge in [0.05, 0.1) is 14.9 Å². The first-order chi connectivity index (χ1) is 2.00. The molecule has 0 aromatic carbocycles. The fourth-order valence-corrected chi connectivity index (χ4v) is 0. The molecule has 0 unspecified atom stereocenters. The Morgan fingerprint density at radius 1 is 1.17 bits per heavy atom. The van der Waals surface area contributed by atoms with Crippen molar-refractivity contribution in [3.8, 4) is 0 Å². The summed E-state index contributed by atoms with van der Waals surface area (Å²) >= 11 is 0. The largest absolute Gasteiger partial charge is 0.183 e. The van der Waals surface area contributed by atoms with E-state index in [1.165, 1.54) is 0 Å². The zero-order valence-electron chi connectivity index (χ0n) is 2.63. The standard InChI is InChI=1S/ClHO4.Pr/c2-1(3,4)5;/h(H,2,3,4,5);. The fourth-order valence-electron chi connectivity index (χ4n) is 0. The number of rotatable bonds is 0. The maximum atomic E-state index is 8.60. The summed E-state index contributed by atoms with van der Waals surface area (Å²) in [5, 5.41) is 0. The first kappa shape index (κ1) is 10.5. The van der Waals surface area contributed by atoms with E-state index < -0.39 is 10.2 Å². The minimum Gasteiger partial charge on any atom is -0.183 e. The molecular formula is HClO4Pr. The minimum atomic E-state index is -4.69. The van der Waals surface area contributed by atoms with Gasteiger partial charge in [0.15, 0.2) is 0 Å². The third kappa shape index (κ3) is 49.7. The third-order valence-electron chi connectivity index (χ3n) is 0. The van der Waals surface area contributed by atoms with Gasteiger partial charge in [0.25, 0.3) is 0 Å². The zero-order valence-corrected chi connectivity index (χ0v) is 7.09. The van der Waals surface area contributed by atoms with Crippen molar-refractivity contribution in [1.82, 2.24) is 0 Å². The van der Waals surface area contributed by atoms with Crippen LogP contribution in [0.2, 0.25) is 0 Å². The first-order valence-electron chi connectivity index (χ1n) is 0.632. The van der Waals surface area contributed by atoms with E-state index in [0.717, 1.165) is 0 Å². The second-order valence-electron chi connectivity index (χ2n) is 0.396. The van der Waals surface area contributed by atoms with Crippen molar-refractivity contribution in [2.24, 2.45) is 0 Å². The van der Waals surface area contributed by atoms with Crippen LogP contribution in [-0.4, -0.2) is 4.66 Å². The number of hydrogen-bond acceptors (Lipinski definition) is 4. The molecule has 0 fully saturated rings. The first-order valence-corrected chi connectivity index (χ1v) is 1.90. The molecule has 0 aromatic heterocycles. The van der Waals surface area contributed by atoms with Crippen LogP contribution in [0.25, 0.3) is 0 Å². The molecule has 4 nitrogen and oxygen atoms in total. The van der Waals surface area contributed by atoms with Crippen molar-refractivity contribution in [1.29, 1.82) is 0 Å². The average molecular weight is 241 g/mol. The monoisotopic (exact) mass is 241 g/mol. The Labute approximate surface area is 69.5 Å². The van der Waals surface area contributed by atoms with Gasteiger partial charge in [-0.2, -0.15) is 14.0 Å². The summed E-state index contributed by atoms with van der Waals surface area (Å²) in [5.74, 6) is 0. The molecule has 0 heterocycles. The summed E-state index contributed by atoms with van der Waals surface area (Å²) in [7, 11) is -4.69. The molecule has 0 aliphatic rings. The van der Waals surface area contributed by atoms with Crippen LogP contribution >= 0.6 is 0 Å². The number of hydrogen-bond donors (Lipinski definition) is 1. The normalized spacial score (nSPS) is 10.0. The van der Waals surface area contributed by atoms with Crippen LogP contribution in [0.15, 0.2) is 0 Å². The van der Waals surface area contributed by atoms with Crippen LogP contribution in [-0.2, 0) is 0 Å². The van der Waals surface area contributed by atoms with Crippen molar-refractivity contribution >= 4 is 0 Å². The van der Waals surface area contributed by atoms with Crippen molar-refractivity contribution in [3.05, 3.63) is 0 Å². The molecule has 0 amide bonds. The molecule has 6 heteroatoms. The summed E-state index contributed by atoms with van der Waals surface area (Å²) in [6.45, 7) is 0. The fraction of sp³-hybridized carbons (Fsp3) is 0. The smallest absolute Gasteiger partial charge is 0.0777 e. The van der Waals surface area contributed by atoms with Gasteiger partial charge in [-0.25, -0.2) is 0 Å². The Kier molecular flexibility index (Phi) is 6.09. The summed E-state index contributed by atoms with van der Waals surface area (Å²) in [6.07, 6.45) is 0. The molecule has 0 atom stereocenters. The number of halogens is 1. The second kappa shape index (κ2) is 3.49. The molecule has 0 rings (SSSR count). The zero-order chi connectivity index (χ0) is 4.50. The Morgan fingerprint density at radius 2 is 1.17 bits per heavy atom. The van der Waals surface area contributed by atoms with Crippen molar-refractivity contribution in [2.75, 3.05) is 0 Å². The van der Waals surface area contributed by atoms with Crippen LogP contribution in [0.4, 0.5) is 0 Å². The van der Waals surface area contributed by atoms with E-state index in [9.17, 15) is 0 Å². The molecule has 0 aromatic rings. The molecule has 0 bridgehead atoms. The summed E-state index contributed by atoms with van der Waals surface area (Å²) in [5.41, 5.74) is 0. The van der Waals surface area contributed by atoms with E-state index in [1.807, 2.05) is 0 Å². The quantitative estimate of drug-likeness (QED) is 0.466. The Morgan fingerprint density at radius 3 is 1.17 bits per heavy atom. The maximum Gasteiger partial charge on any atom is 0.0777 e. The van der Waals surface area contributed by atoms with E-state index in [4.69, 9.17) is 18.6 Å². The molecule has 0 aliphatic heterocycles. The molecule has 1 radical (unpaired) electrons. The van der Waals surface area contributed by atoms with Crippen LogP contribution in [0, 0.1) is 51.5 Å². The molecule has 0 aliphatic carbocycles. The average Bonchev–Trinajstić information content (AvgIpc) is 0.722. The molecule has 0 saturated heterocycles. The van der Waals surface area contributed by atoms with E-state index >= 15 is 0 Å². The topological polar surface area (TPSA) is 89.4 Å². The summed E-state index contributed by atoms with van der Waals surface area (Å²) in [6, 6.07) is 0. The third-order valence-corrected chi connectivity index (χ3v) is 0. The van der Waals surface area contributed by atoms with E-state index in [1.54, 1.807) is 0 Å². The van der Waals surface area contributed by atoms with E-state index in [0.29, 0.717) is 0 Å². The van der Waals surface area contributed by atoms with Crippen LogP contribution < -0.4 is 14.0 Å². The van der Waals surface area contributed by atoms with Gasteiger partial charge in [-0.1, -0.05) is 0 Å². The predicted molar refractivity (Wildman–Crippen MR) is 2.22 cm³/mol. The van der Waals surface area contributed by atoms with Gasteiger partial charge in [-0.15, -0.1) is 0 Å². The van der Waals surface area contributed by atoms with Crippen molar-refractivity contribution in [2.45, 2.75) is 0 Å². The Hall–Kier alpha value is 1.49. The SMILES string of the molecule is [O-][Cl+3]([O-])([O-])O.[Pr]. The van der Waals surface area contributed by atoms with Gasteiger partial charge in [0.1, 0.15) is 0 Å². The Bertz CT molecular complexity index is 23.0. The molecule has 0 spiro atoms. The minimum absolute atomic E-state index is 0. The van der Waals surface area contributed by atoms with E-state index in [2.05, 4.69) is 0 Å². The summed E-state index contributed by atoms with van der Waals surface area (Å²) < 4.78 is 32.7. The second-order valence-corrected chi connectivity index (χ2v) is 1.19. The maximum absolute atomic E-state index is 8.60. The van der Waals surface area contributed by atoms with Crippen LogP contribution in [0.1, 0.15) is 0 Å². The Balaban J connectivity index is 0. The van der Waals surface area contributed by atoms with Gasteiger partial charge in [0.2, 0.25) is 0 Å². The van der Waals surface area contributed by atoms with Gasteiger partial charge < -0.3 is 0 Å².